The fourth-order valence-electron chi connectivity index (χ4n) is 1.36. The average Bonchev–Trinajstić information content (AvgIpc) is 2.45. The highest BCUT2D eigenvalue weighted by Crippen LogP contribution is 2.12. The summed E-state index contributed by atoms with van der Waals surface area (Å²) in [4.78, 5) is 22.1. The molecule has 0 saturated carbocycles. The molecule has 0 radical (unpaired) electrons. The molecule has 0 aromatic heterocycles. The topological polar surface area (TPSA) is 110 Å². The van der Waals surface area contributed by atoms with E-state index in [1.165, 1.54) is 11.8 Å². The molecule has 1 atom stereocenters. The Hall–Kier alpha value is -2.04. The number of carboxylic acid groups (broad SMARTS) is 1. The quantitative estimate of drug-likeness (QED) is 0.669. The highest BCUT2D eigenvalue weighted by Gasteiger charge is 2.18. The molecule has 0 fully saturated rings. The first-order valence-corrected chi connectivity index (χ1v) is 6.92. The molecule has 0 aliphatic heterocycles. The molecule has 1 rings (SSSR count). The summed E-state index contributed by atoms with van der Waals surface area (Å²) in [7, 11) is 0. The van der Waals surface area contributed by atoms with Crippen LogP contribution in [0.3, 0.4) is 0 Å². The lowest BCUT2D eigenvalue weighted by atomic mass is 10.2. The van der Waals surface area contributed by atoms with E-state index in [9.17, 15) is 9.59 Å². The number of aliphatic hydroxyl groups excluding tert-OH is 1. The first kappa shape index (κ1) is 16.0. The van der Waals surface area contributed by atoms with Gasteiger partial charge in [0.15, 0.2) is 0 Å². The predicted molar refractivity (Wildman–Crippen MR) is 74.0 cm³/mol. The van der Waals surface area contributed by atoms with Gasteiger partial charge in [0, 0.05) is 5.75 Å². The summed E-state index contributed by atoms with van der Waals surface area (Å²) in [5.74, 6) is -1.03. The Kier molecular flexibility index (Phi) is 6.56. The predicted octanol–water partition coefficient (Wildman–Crippen LogP) is 0.353. The molecule has 6 nitrogen and oxygen atoms in total. The summed E-state index contributed by atoms with van der Waals surface area (Å²) in [5.41, 5.74) is 1.54. The zero-order chi connectivity index (χ0) is 15.0. The monoisotopic (exact) mass is 294 g/mol. The number of rotatable bonds is 7. The molecule has 0 saturated heterocycles. The van der Waals surface area contributed by atoms with Gasteiger partial charge in [-0.2, -0.15) is 5.26 Å². The molecule has 1 unspecified atom stereocenters. The number of thioether (sulfide) groups is 1. The van der Waals surface area contributed by atoms with Crippen molar-refractivity contribution in [1.29, 1.82) is 5.26 Å². The molecule has 1 amide bonds. The van der Waals surface area contributed by atoms with Crippen molar-refractivity contribution in [3.8, 4) is 6.07 Å². The van der Waals surface area contributed by atoms with Crippen LogP contribution >= 0.6 is 11.8 Å². The number of carbonyl (C=O) groups is 2. The standard InChI is InChI=1S/C13H14N2O4S/c14-5-9-1-3-10(4-2-9)7-20-8-12(17)15-11(6-16)13(18)19/h1-4,11,16H,6-8H2,(H,15,17)(H,18,19). The first-order valence-electron chi connectivity index (χ1n) is 5.76. The average molecular weight is 294 g/mol. The third-order valence-electron chi connectivity index (χ3n) is 2.40. The van der Waals surface area contributed by atoms with Gasteiger partial charge in [0.05, 0.1) is 24.0 Å². The van der Waals surface area contributed by atoms with Crippen LogP contribution in [0.4, 0.5) is 0 Å². The van der Waals surface area contributed by atoms with E-state index in [1.54, 1.807) is 24.3 Å². The Labute approximate surface area is 120 Å². The molecule has 1 aromatic rings. The summed E-state index contributed by atoms with van der Waals surface area (Å²) in [6.45, 7) is -0.638. The van der Waals surface area contributed by atoms with Crippen LogP contribution in [0.5, 0.6) is 0 Å². The maximum atomic E-state index is 11.5. The van der Waals surface area contributed by atoms with E-state index in [0.717, 1.165) is 5.56 Å². The van der Waals surface area contributed by atoms with E-state index in [-0.39, 0.29) is 5.75 Å². The van der Waals surface area contributed by atoms with E-state index < -0.39 is 24.5 Å². The van der Waals surface area contributed by atoms with E-state index in [0.29, 0.717) is 11.3 Å². The molecule has 20 heavy (non-hydrogen) atoms. The minimum absolute atomic E-state index is 0.101. The number of nitriles is 1. The van der Waals surface area contributed by atoms with E-state index in [2.05, 4.69) is 5.32 Å². The lowest BCUT2D eigenvalue weighted by molar-refractivity contribution is -0.142. The van der Waals surface area contributed by atoms with Crippen molar-refractivity contribution < 1.29 is 19.8 Å². The highest BCUT2D eigenvalue weighted by molar-refractivity contribution is 7.99. The highest BCUT2D eigenvalue weighted by atomic mass is 32.2. The number of benzene rings is 1. The van der Waals surface area contributed by atoms with Crippen molar-refractivity contribution in [3.63, 3.8) is 0 Å². The van der Waals surface area contributed by atoms with E-state index in [4.69, 9.17) is 15.5 Å². The van der Waals surface area contributed by atoms with Crippen molar-refractivity contribution in [2.75, 3.05) is 12.4 Å². The van der Waals surface area contributed by atoms with Crippen molar-refractivity contribution in [1.82, 2.24) is 5.32 Å². The number of carboxylic acids is 1. The van der Waals surface area contributed by atoms with Gasteiger partial charge < -0.3 is 15.5 Å². The number of carbonyl (C=O) groups excluding carboxylic acids is 1. The third kappa shape index (κ3) is 5.30. The number of hydrogen-bond acceptors (Lipinski definition) is 5. The molecule has 0 spiro atoms. The Balaban J connectivity index is 2.34. The second-order valence-electron chi connectivity index (χ2n) is 3.94. The largest absolute Gasteiger partial charge is 0.480 e. The molecule has 0 aliphatic carbocycles. The van der Waals surface area contributed by atoms with Crippen LogP contribution in [0.2, 0.25) is 0 Å². The minimum Gasteiger partial charge on any atom is -0.480 e. The van der Waals surface area contributed by atoms with Gasteiger partial charge in [-0.1, -0.05) is 12.1 Å². The van der Waals surface area contributed by atoms with Gasteiger partial charge in [-0.3, -0.25) is 4.79 Å². The molecule has 7 heteroatoms. The van der Waals surface area contributed by atoms with Crippen LogP contribution in [0.1, 0.15) is 11.1 Å². The van der Waals surface area contributed by atoms with Gasteiger partial charge in [-0.15, -0.1) is 11.8 Å². The molecular formula is C13H14N2O4S. The van der Waals surface area contributed by atoms with Crippen molar-refractivity contribution in [3.05, 3.63) is 35.4 Å². The molecule has 0 aliphatic rings. The minimum atomic E-state index is -1.27. The van der Waals surface area contributed by atoms with Gasteiger partial charge in [-0.25, -0.2) is 4.79 Å². The number of hydrogen-bond donors (Lipinski definition) is 3. The van der Waals surface area contributed by atoms with Gasteiger partial charge >= 0.3 is 5.97 Å². The Morgan fingerprint density at radius 1 is 1.35 bits per heavy atom. The molecule has 3 N–H and O–H groups in total. The lowest BCUT2D eigenvalue weighted by Gasteiger charge is -2.11. The Morgan fingerprint density at radius 2 is 2.00 bits per heavy atom. The maximum absolute atomic E-state index is 11.5. The summed E-state index contributed by atoms with van der Waals surface area (Å²) < 4.78 is 0. The van der Waals surface area contributed by atoms with Gasteiger partial charge in [0.2, 0.25) is 5.91 Å². The Bertz CT molecular complexity index is 510. The Morgan fingerprint density at radius 3 is 2.50 bits per heavy atom. The summed E-state index contributed by atoms with van der Waals surface area (Å²) in [6.07, 6.45) is 0. The summed E-state index contributed by atoms with van der Waals surface area (Å²) >= 11 is 1.32. The molecule has 0 bridgehead atoms. The number of nitrogens with zero attached hydrogens (tertiary/aromatic N) is 1. The number of aliphatic carboxylic acids is 1. The summed E-state index contributed by atoms with van der Waals surface area (Å²) in [6, 6.07) is 7.75. The zero-order valence-corrected chi connectivity index (χ0v) is 11.4. The molecular weight excluding hydrogens is 280 g/mol. The smallest absolute Gasteiger partial charge is 0.328 e. The van der Waals surface area contributed by atoms with E-state index >= 15 is 0 Å². The van der Waals surface area contributed by atoms with Crippen LogP contribution < -0.4 is 5.32 Å². The third-order valence-corrected chi connectivity index (χ3v) is 3.40. The normalized spacial score (nSPS) is 11.4. The van der Waals surface area contributed by atoms with Crippen LogP contribution in [0.25, 0.3) is 0 Å². The SMILES string of the molecule is N#Cc1ccc(CSCC(=O)NC(CO)C(=O)O)cc1. The van der Waals surface area contributed by atoms with Crippen molar-refractivity contribution >= 4 is 23.6 Å². The lowest BCUT2D eigenvalue weighted by Crippen LogP contribution is -2.44. The fourth-order valence-corrected chi connectivity index (χ4v) is 2.16. The second kappa shape index (κ2) is 8.19. The molecule has 0 heterocycles. The molecule has 1 aromatic carbocycles. The summed E-state index contributed by atoms with van der Waals surface area (Å²) in [5, 5.41) is 28.3. The van der Waals surface area contributed by atoms with Crippen LogP contribution in [0.15, 0.2) is 24.3 Å². The van der Waals surface area contributed by atoms with Gasteiger partial charge in [-0.05, 0) is 17.7 Å². The fraction of sp³-hybridized carbons (Fsp3) is 0.308. The van der Waals surface area contributed by atoms with Gasteiger partial charge in [0.25, 0.3) is 0 Å². The van der Waals surface area contributed by atoms with Crippen LogP contribution in [-0.2, 0) is 15.3 Å². The van der Waals surface area contributed by atoms with Gasteiger partial charge in [0.1, 0.15) is 6.04 Å². The maximum Gasteiger partial charge on any atom is 0.328 e. The first-order chi connectivity index (χ1) is 9.56. The van der Waals surface area contributed by atoms with Crippen LogP contribution in [0, 0.1) is 11.3 Å². The van der Waals surface area contributed by atoms with Crippen molar-refractivity contribution in [2.24, 2.45) is 0 Å². The van der Waals surface area contributed by atoms with Crippen LogP contribution in [-0.4, -0.2) is 40.5 Å². The van der Waals surface area contributed by atoms with E-state index in [1.807, 2.05) is 6.07 Å². The number of nitrogens with one attached hydrogen (secondary N) is 1. The number of amides is 1. The van der Waals surface area contributed by atoms with Crippen molar-refractivity contribution in [2.45, 2.75) is 11.8 Å². The molecule has 106 valence electrons. The second-order valence-corrected chi connectivity index (χ2v) is 4.93. The zero-order valence-electron chi connectivity index (χ0n) is 10.6. The number of aliphatic hydroxyl groups is 1.